The van der Waals surface area contributed by atoms with Crippen LogP contribution in [-0.4, -0.2) is 5.11 Å². The molecule has 2 nitrogen and oxygen atoms in total. The SMILES string of the molecule is Cc1cc(Br)ccc1NC(=S)Nc1ccc(Br)cc1Cl. The summed E-state index contributed by atoms with van der Waals surface area (Å²) in [6.07, 6.45) is 0. The van der Waals surface area contributed by atoms with E-state index in [1.165, 1.54) is 0 Å². The Kier molecular flexibility index (Phi) is 5.43. The maximum atomic E-state index is 6.14. The number of thiocarbonyl (C=S) groups is 1. The maximum absolute atomic E-state index is 6.14. The van der Waals surface area contributed by atoms with E-state index < -0.39 is 0 Å². The molecule has 0 spiro atoms. The normalized spacial score (nSPS) is 10.2. The first kappa shape index (κ1) is 15.8. The largest absolute Gasteiger partial charge is 0.332 e. The lowest BCUT2D eigenvalue weighted by Gasteiger charge is -2.13. The molecule has 0 aromatic heterocycles. The zero-order chi connectivity index (χ0) is 14.7. The van der Waals surface area contributed by atoms with E-state index in [0.29, 0.717) is 10.1 Å². The Hall–Kier alpha value is -0.620. The second-order valence-corrected chi connectivity index (χ2v) is 6.81. The van der Waals surface area contributed by atoms with Crippen LogP contribution in [0, 0.1) is 6.92 Å². The molecular weight excluding hydrogens is 423 g/mol. The lowest BCUT2D eigenvalue weighted by Crippen LogP contribution is -2.19. The van der Waals surface area contributed by atoms with E-state index in [1.807, 2.05) is 43.3 Å². The summed E-state index contributed by atoms with van der Waals surface area (Å²) in [4.78, 5) is 0. The average Bonchev–Trinajstić information content (AvgIpc) is 2.36. The summed E-state index contributed by atoms with van der Waals surface area (Å²) in [6.45, 7) is 2.02. The predicted molar refractivity (Wildman–Crippen MR) is 97.9 cm³/mol. The third-order valence-corrected chi connectivity index (χ3v) is 4.12. The first-order chi connectivity index (χ1) is 9.45. The Morgan fingerprint density at radius 3 is 2.15 bits per heavy atom. The van der Waals surface area contributed by atoms with Gasteiger partial charge in [0, 0.05) is 14.6 Å². The van der Waals surface area contributed by atoms with Crippen LogP contribution in [0.1, 0.15) is 5.56 Å². The monoisotopic (exact) mass is 432 g/mol. The highest BCUT2D eigenvalue weighted by atomic mass is 79.9. The molecule has 2 aromatic carbocycles. The predicted octanol–water partition coefficient (Wildman–Crippen LogP) is 5.98. The Morgan fingerprint density at radius 2 is 1.55 bits per heavy atom. The first-order valence-electron chi connectivity index (χ1n) is 5.75. The lowest BCUT2D eigenvalue weighted by atomic mass is 10.2. The van der Waals surface area contributed by atoms with E-state index in [0.717, 1.165) is 25.9 Å². The Labute approximate surface area is 145 Å². The van der Waals surface area contributed by atoms with Gasteiger partial charge in [-0.25, -0.2) is 0 Å². The highest BCUT2D eigenvalue weighted by molar-refractivity contribution is 9.10. The Morgan fingerprint density at radius 1 is 1.00 bits per heavy atom. The lowest BCUT2D eigenvalue weighted by molar-refractivity contribution is 1.44. The molecule has 0 atom stereocenters. The summed E-state index contributed by atoms with van der Waals surface area (Å²) in [6, 6.07) is 11.5. The molecule has 0 aliphatic heterocycles. The van der Waals surface area contributed by atoms with Crippen molar-refractivity contribution in [3.63, 3.8) is 0 Å². The van der Waals surface area contributed by atoms with Gasteiger partial charge in [-0.15, -0.1) is 0 Å². The summed E-state index contributed by atoms with van der Waals surface area (Å²) < 4.78 is 1.96. The number of hydrogen-bond acceptors (Lipinski definition) is 1. The third-order valence-electron chi connectivity index (χ3n) is 2.62. The molecule has 2 aromatic rings. The molecule has 2 rings (SSSR count). The van der Waals surface area contributed by atoms with Crippen LogP contribution in [0.4, 0.5) is 11.4 Å². The fourth-order valence-electron chi connectivity index (χ4n) is 1.63. The molecule has 0 unspecified atom stereocenters. The highest BCUT2D eigenvalue weighted by Gasteiger charge is 2.05. The van der Waals surface area contributed by atoms with Gasteiger partial charge in [0.2, 0.25) is 0 Å². The number of benzene rings is 2. The minimum Gasteiger partial charge on any atom is -0.332 e. The van der Waals surface area contributed by atoms with Gasteiger partial charge in [0.1, 0.15) is 0 Å². The van der Waals surface area contributed by atoms with Crippen molar-refractivity contribution in [3.05, 3.63) is 55.9 Å². The number of rotatable bonds is 2. The van der Waals surface area contributed by atoms with Crippen molar-refractivity contribution in [2.75, 3.05) is 10.6 Å². The van der Waals surface area contributed by atoms with Crippen molar-refractivity contribution in [2.45, 2.75) is 6.92 Å². The van der Waals surface area contributed by atoms with Gasteiger partial charge < -0.3 is 10.6 Å². The van der Waals surface area contributed by atoms with Crippen LogP contribution in [0.3, 0.4) is 0 Å². The van der Waals surface area contributed by atoms with Crippen LogP contribution in [0.15, 0.2) is 45.3 Å². The molecule has 104 valence electrons. The quantitative estimate of drug-likeness (QED) is 0.569. The van der Waals surface area contributed by atoms with E-state index in [2.05, 4.69) is 42.5 Å². The molecule has 2 N–H and O–H groups in total. The summed E-state index contributed by atoms with van der Waals surface area (Å²) in [7, 11) is 0. The van der Waals surface area contributed by atoms with Gasteiger partial charge in [-0.05, 0) is 61.1 Å². The number of halogens is 3. The maximum Gasteiger partial charge on any atom is 0.175 e. The van der Waals surface area contributed by atoms with E-state index in [1.54, 1.807) is 0 Å². The van der Waals surface area contributed by atoms with Gasteiger partial charge in [-0.1, -0.05) is 43.5 Å². The standard InChI is InChI=1S/C14H11Br2ClN2S/c1-8-6-9(15)2-4-12(8)18-14(20)19-13-5-3-10(16)7-11(13)17/h2-7H,1H3,(H2,18,19,20). The van der Waals surface area contributed by atoms with Gasteiger partial charge in [0.15, 0.2) is 5.11 Å². The molecule has 0 radical (unpaired) electrons. The second kappa shape index (κ2) is 6.89. The molecule has 0 aliphatic rings. The number of aryl methyl sites for hydroxylation is 1. The van der Waals surface area contributed by atoms with E-state index in [-0.39, 0.29) is 0 Å². The minimum atomic E-state index is 0.500. The van der Waals surface area contributed by atoms with Crippen molar-refractivity contribution in [3.8, 4) is 0 Å². The van der Waals surface area contributed by atoms with Gasteiger partial charge >= 0.3 is 0 Å². The molecule has 20 heavy (non-hydrogen) atoms. The molecule has 0 fully saturated rings. The fourth-order valence-corrected chi connectivity index (χ4v) is 3.05. The molecule has 0 saturated heterocycles. The number of hydrogen-bond donors (Lipinski definition) is 2. The average molecular weight is 435 g/mol. The van der Waals surface area contributed by atoms with Gasteiger partial charge in [-0.2, -0.15) is 0 Å². The minimum absolute atomic E-state index is 0.500. The van der Waals surface area contributed by atoms with Crippen molar-refractivity contribution < 1.29 is 0 Å². The van der Waals surface area contributed by atoms with Crippen molar-refractivity contribution in [2.24, 2.45) is 0 Å². The summed E-state index contributed by atoms with van der Waals surface area (Å²) in [5.41, 5.74) is 2.83. The summed E-state index contributed by atoms with van der Waals surface area (Å²) in [5, 5.41) is 7.35. The Balaban J connectivity index is 2.09. The second-order valence-electron chi connectivity index (χ2n) is 4.16. The zero-order valence-electron chi connectivity index (χ0n) is 10.5. The zero-order valence-corrected chi connectivity index (χ0v) is 15.3. The van der Waals surface area contributed by atoms with Crippen LogP contribution < -0.4 is 10.6 Å². The van der Waals surface area contributed by atoms with E-state index >= 15 is 0 Å². The van der Waals surface area contributed by atoms with Crippen LogP contribution in [0.5, 0.6) is 0 Å². The highest BCUT2D eigenvalue weighted by Crippen LogP contribution is 2.26. The Bertz CT molecular complexity index is 606. The van der Waals surface area contributed by atoms with Gasteiger partial charge in [-0.3, -0.25) is 0 Å². The van der Waals surface area contributed by atoms with Crippen LogP contribution in [-0.2, 0) is 0 Å². The van der Waals surface area contributed by atoms with Gasteiger partial charge in [0.25, 0.3) is 0 Å². The molecule has 0 aliphatic carbocycles. The van der Waals surface area contributed by atoms with Crippen molar-refractivity contribution >= 4 is 72.2 Å². The summed E-state index contributed by atoms with van der Waals surface area (Å²) >= 11 is 18.2. The molecule has 0 saturated carbocycles. The van der Waals surface area contributed by atoms with Crippen molar-refractivity contribution in [1.82, 2.24) is 0 Å². The molecule has 6 heteroatoms. The molecular formula is C14H11Br2ClN2S. The fraction of sp³-hybridized carbons (Fsp3) is 0.0714. The number of anilines is 2. The molecule has 0 heterocycles. The van der Waals surface area contributed by atoms with Crippen LogP contribution in [0.25, 0.3) is 0 Å². The van der Waals surface area contributed by atoms with Crippen LogP contribution >= 0.6 is 55.7 Å². The third kappa shape index (κ3) is 4.19. The smallest absolute Gasteiger partial charge is 0.175 e. The number of nitrogens with one attached hydrogen (secondary N) is 2. The molecule has 0 bridgehead atoms. The van der Waals surface area contributed by atoms with E-state index in [4.69, 9.17) is 23.8 Å². The van der Waals surface area contributed by atoms with Gasteiger partial charge in [0.05, 0.1) is 10.7 Å². The molecule has 0 amide bonds. The van der Waals surface area contributed by atoms with Crippen molar-refractivity contribution in [1.29, 1.82) is 0 Å². The first-order valence-corrected chi connectivity index (χ1v) is 8.12. The topological polar surface area (TPSA) is 24.1 Å². The van der Waals surface area contributed by atoms with Crippen LogP contribution in [0.2, 0.25) is 5.02 Å². The van der Waals surface area contributed by atoms with E-state index in [9.17, 15) is 0 Å². The summed E-state index contributed by atoms with van der Waals surface area (Å²) in [5.74, 6) is 0.